The summed E-state index contributed by atoms with van der Waals surface area (Å²) in [5.74, 6) is 0.355. The van der Waals surface area contributed by atoms with Gasteiger partial charge in [-0.1, -0.05) is 17.3 Å². The largest absolute Gasteiger partial charge is 0.372 e. The van der Waals surface area contributed by atoms with Gasteiger partial charge in [0, 0.05) is 0 Å². The predicted molar refractivity (Wildman–Crippen MR) is 54.8 cm³/mol. The van der Waals surface area contributed by atoms with Crippen molar-refractivity contribution in [1.29, 1.82) is 0 Å². The van der Waals surface area contributed by atoms with E-state index in [1.807, 2.05) is 6.07 Å². The molecule has 0 saturated heterocycles. The molecule has 0 bridgehead atoms. The molecular weight excluding hydrogens is 192 g/mol. The SMILES string of the molecule is Nc1oncc1-c1ccc2c(c1)COC2. The van der Waals surface area contributed by atoms with E-state index in [9.17, 15) is 0 Å². The Balaban J connectivity index is 2.11. The van der Waals surface area contributed by atoms with Crippen LogP contribution in [0.3, 0.4) is 0 Å². The fourth-order valence-electron chi connectivity index (χ4n) is 1.81. The maximum atomic E-state index is 5.66. The van der Waals surface area contributed by atoms with Gasteiger partial charge in [0.05, 0.1) is 25.0 Å². The Morgan fingerprint density at radius 1 is 1.20 bits per heavy atom. The van der Waals surface area contributed by atoms with Gasteiger partial charge in [-0.05, 0) is 22.8 Å². The van der Waals surface area contributed by atoms with Crippen molar-refractivity contribution in [3.63, 3.8) is 0 Å². The molecular formula is C11H10N2O2. The Morgan fingerprint density at radius 3 is 2.87 bits per heavy atom. The molecule has 0 amide bonds. The fourth-order valence-corrected chi connectivity index (χ4v) is 1.81. The Morgan fingerprint density at radius 2 is 2.07 bits per heavy atom. The van der Waals surface area contributed by atoms with Crippen LogP contribution in [0.2, 0.25) is 0 Å². The van der Waals surface area contributed by atoms with Gasteiger partial charge in [-0.15, -0.1) is 0 Å². The number of hydrogen-bond donors (Lipinski definition) is 1. The second kappa shape index (κ2) is 3.10. The molecule has 3 rings (SSSR count). The standard InChI is InChI=1S/C11H10N2O2/c12-11-10(4-13-15-11)7-1-2-8-5-14-6-9(8)3-7/h1-4H,5-6,12H2. The number of aromatic nitrogens is 1. The number of nitrogens with two attached hydrogens (primary N) is 1. The third-order valence-corrected chi connectivity index (χ3v) is 2.63. The van der Waals surface area contributed by atoms with E-state index in [4.69, 9.17) is 15.0 Å². The summed E-state index contributed by atoms with van der Waals surface area (Å²) in [5, 5.41) is 3.66. The minimum Gasteiger partial charge on any atom is -0.372 e. The van der Waals surface area contributed by atoms with E-state index in [2.05, 4.69) is 17.3 Å². The molecule has 1 aromatic heterocycles. The molecule has 0 aliphatic carbocycles. The molecule has 0 saturated carbocycles. The van der Waals surface area contributed by atoms with E-state index in [-0.39, 0.29) is 0 Å². The van der Waals surface area contributed by atoms with Gasteiger partial charge in [0.2, 0.25) is 5.88 Å². The molecule has 15 heavy (non-hydrogen) atoms. The first-order valence-corrected chi connectivity index (χ1v) is 4.74. The average Bonchev–Trinajstić information content (AvgIpc) is 2.84. The Hall–Kier alpha value is -1.81. The number of fused-ring (bicyclic) bond motifs is 1. The molecule has 76 valence electrons. The number of ether oxygens (including phenoxy) is 1. The topological polar surface area (TPSA) is 61.3 Å². The van der Waals surface area contributed by atoms with Crippen LogP contribution < -0.4 is 5.73 Å². The normalized spacial score (nSPS) is 14.1. The third kappa shape index (κ3) is 1.30. The highest BCUT2D eigenvalue weighted by Gasteiger charge is 2.14. The maximum Gasteiger partial charge on any atom is 0.229 e. The van der Waals surface area contributed by atoms with Gasteiger partial charge in [0.1, 0.15) is 0 Å². The lowest BCUT2D eigenvalue weighted by molar-refractivity contribution is 0.134. The highest BCUT2D eigenvalue weighted by Crippen LogP contribution is 2.29. The molecule has 1 aliphatic rings. The molecule has 1 aliphatic heterocycles. The van der Waals surface area contributed by atoms with Crippen LogP contribution in [0.4, 0.5) is 5.88 Å². The zero-order valence-electron chi connectivity index (χ0n) is 8.06. The summed E-state index contributed by atoms with van der Waals surface area (Å²) in [4.78, 5) is 0. The molecule has 0 fully saturated rings. The third-order valence-electron chi connectivity index (χ3n) is 2.63. The van der Waals surface area contributed by atoms with Crippen LogP contribution in [-0.2, 0) is 18.0 Å². The monoisotopic (exact) mass is 202 g/mol. The molecule has 4 nitrogen and oxygen atoms in total. The molecule has 2 aromatic rings. The van der Waals surface area contributed by atoms with Gasteiger partial charge in [0.15, 0.2) is 0 Å². The summed E-state index contributed by atoms with van der Waals surface area (Å²) in [7, 11) is 0. The van der Waals surface area contributed by atoms with Crippen molar-refractivity contribution in [1.82, 2.24) is 5.16 Å². The van der Waals surface area contributed by atoms with Gasteiger partial charge in [-0.3, -0.25) is 0 Å². The van der Waals surface area contributed by atoms with Gasteiger partial charge >= 0.3 is 0 Å². The summed E-state index contributed by atoms with van der Waals surface area (Å²) in [6.45, 7) is 1.38. The Labute approximate surface area is 86.6 Å². The predicted octanol–water partition coefficient (Wildman–Crippen LogP) is 1.95. The van der Waals surface area contributed by atoms with Crippen LogP contribution in [0.5, 0.6) is 0 Å². The first kappa shape index (κ1) is 8.49. The number of anilines is 1. The van der Waals surface area contributed by atoms with Crippen molar-refractivity contribution in [2.45, 2.75) is 13.2 Å². The van der Waals surface area contributed by atoms with Crippen LogP contribution in [0.1, 0.15) is 11.1 Å². The lowest BCUT2D eigenvalue weighted by Crippen LogP contribution is -1.87. The molecule has 4 heteroatoms. The lowest BCUT2D eigenvalue weighted by Gasteiger charge is -2.01. The van der Waals surface area contributed by atoms with Crippen molar-refractivity contribution < 1.29 is 9.26 Å². The number of benzene rings is 1. The summed E-state index contributed by atoms with van der Waals surface area (Å²) in [5.41, 5.74) is 9.98. The fraction of sp³-hybridized carbons (Fsp3) is 0.182. The highest BCUT2D eigenvalue weighted by atomic mass is 16.5. The number of nitrogens with zero attached hydrogens (tertiary/aromatic N) is 1. The first-order valence-electron chi connectivity index (χ1n) is 4.74. The summed E-state index contributed by atoms with van der Waals surface area (Å²) in [6.07, 6.45) is 1.63. The highest BCUT2D eigenvalue weighted by molar-refractivity contribution is 5.72. The molecule has 2 N–H and O–H groups in total. The van der Waals surface area contributed by atoms with Gasteiger partial charge in [-0.25, -0.2) is 0 Å². The first-order chi connectivity index (χ1) is 7.34. The minimum atomic E-state index is 0.355. The van der Waals surface area contributed by atoms with Crippen LogP contribution in [0.25, 0.3) is 11.1 Å². The second-order valence-electron chi connectivity index (χ2n) is 3.58. The van der Waals surface area contributed by atoms with Crippen molar-refractivity contribution in [2.24, 2.45) is 0 Å². The number of hydrogen-bond acceptors (Lipinski definition) is 4. The maximum absolute atomic E-state index is 5.66. The van der Waals surface area contributed by atoms with E-state index >= 15 is 0 Å². The van der Waals surface area contributed by atoms with Crippen molar-refractivity contribution in [3.05, 3.63) is 35.5 Å². The molecule has 2 heterocycles. The van der Waals surface area contributed by atoms with Crippen LogP contribution in [-0.4, -0.2) is 5.16 Å². The van der Waals surface area contributed by atoms with Gasteiger partial charge in [-0.2, -0.15) is 0 Å². The van der Waals surface area contributed by atoms with Crippen LogP contribution in [0.15, 0.2) is 28.9 Å². The molecule has 0 spiro atoms. The van der Waals surface area contributed by atoms with E-state index in [1.165, 1.54) is 11.1 Å². The smallest absolute Gasteiger partial charge is 0.229 e. The summed E-state index contributed by atoms with van der Waals surface area (Å²) in [6, 6.07) is 6.14. The second-order valence-corrected chi connectivity index (χ2v) is 3.58. The Bertz CT molecular complexity index is 505. The van der Waals surface area contributed by atoms with E-state index in [0.29, 0.717) is 19.1 Å². The van der Waals surface area contributed by atoms with Crippen molar-refractivity contribution >= 4 is 5.88 Å². The minimum absolute atomic E-state index is 0.355. The number of nitrogen functional groups attached to an aromatic ring is 1. The zero-order valence-corrected chi connectivity index (χ0v) is 8.06. The van der Waals surface area contributed by atoms with Crippen molar-refractivity contribution in [2.75, 3.05) is 5.73 Å². The van der Waals surface area contributed by atoms with E-state index in [1.54, 1.807) is 6.20 Å². The molecule has 0 atom stereocenters. The average molecular weight is 202 g/mol. The van der Waals surface area contributed by atoms with Gasteiger partial charge < -0.3 is 15.0 Å². The molecule has 0 radical (unpaired) electrons. The van der Waals surface area contributed by atoms with E-state index in [0.717, 1.165) is 11.1 Å². The summed E-state index contributed by atoms with van der Waals surface area (Å²) < 4.78 is 10.2. The number of rotatable bonds is 1. The quantitative estimate of drug-likeness (QED) is 0.767. The van der Waals surface area contributed by atoms with Gasteiger partial charge in [0.25, 0.3) is 0 Å². The Kier molecular flexibility index (Phi) is 1.76. The zero-order chi connectivity index (χ0) is 10.3. The summed E-state index contributed by atoms with van der Waals surface area (Å²) >= 11 is 0. The molecule has 0 unspecified atom stereocenters. The van der Waals surface area contributed by atoms with E-state index < -0.39 is 0 Å². The van der Waals surface area contributed by atoms with Crippen LogP contribution >= 0.6 is 0 Å². The van der Waals surface area contributed by atoms with Crippen LogP contribution in [0, 0.1) is 0 Å². The molecule has 1 aromatic carbocycles. The lowest BCUT2D eigenvalue weighted by atomic mass is 10.0. The van der Waals surface area contributed by atoms with Crippen molar-refractivity contribution in [3.8, 4) is 11.1 Å².